The van der Waals surface area contributed by atoms with E-state index in [1.807, 2.05) is 13.8 Å². The average Bonchev–Trinajstić information content (AvgIpc) is 2.45. The first-order valence-corrected chi connectivity index (χ1v) is 8.79. The summed E-state index contributed by atoms with van der Waals surface area (Å²) in [6.45, 7) is 7.94. The number of anilines is 1. The molecular formula is C15H24N2O3S. The lowest BCUT2D eigenvalue weighted by Crippen LogP contribution is -2.39. The van der Waals surface area contributed by atoms with Crippen molar-refractivity contribution in [2.75, 3.05) is 17.6 Å². The fourth-order valence-corrected chi connectivity index (χ4v) is 2.83. The van der Waals surface area contributed by atoms with E-state index in [2.05, 4.69) is 10.6 Å². The van der Waals surface area contributed by atoms with Crippen LogP contribution in [0, 0.1) is 5.92 Å². The van der Waals surface area contributed by atoms with Gasteiger partial charge in [0, 0.05) is 6.54 Å². The number of amides is 1. The first-order chi connectivity index (χ1) is 9.77. The van der Waals surface area contributed by atoms with Crippen LogP contribution in [-0.4, -0.2) is 32.7 Å². The molecule has 0 aliphatic heterocycles. The Bertz CT molecular complexity index is 582. The Hall–Kier alpha value is -1.56. The smallest absolute Gasteiger partial charge is 0.242 e. The minimum absolute atomic E-state index is 0.0274. The van der Waals surface area contributed by atoms with Crippen molar-refractivity contribution in [1.29, 1.82) is 0 Å². The van der Waals surface area contributed by atoms with Crippen LogP contribution in [0.1, 0.15) is 27.7 Å². The highest BCUT2D eigenvalue weighted by atomic mass is 32.2. The van der Waals surface area contributed by atoms with Crippen molar-refractivity contribution in [1.82, 2.24) is 5.32 Å². The summed E-state index contributed by atoms with van der Waals surface area (Å²) in [4.78, 5) is 12.2. The van der Waals surface area contributed by atoms with E-state index in [0.29, 0.717) is 18.2 Å². The summed E-state index contributed by atoms with van der Waals surface area (Å²) >= 11 is 0. The van der Waals surface area contributed by atoms with Gasteiger partial charge in [-0.2, -0.15) is 0 Å². The molecule has 0 saturated heterocycles. The number of hydrogen-bond donors (Lipinski definition) is 2. The van der Waals surface area contributed by atoms with Gasteiger partial charge in [0.25, 0.3) is 0 Å². The van der Waals surface area contributed by atoms with Crippen LogP contribution < -0.4 is 10.6 Å². The lowest BCUT2D eigenvalue weighted by atomic mass is 10.2. The average molecular weight is 312 g/mol. The van der Waals surface area contributed by atoms with Crippen LogP contribution in [0.15, 0.2) is 29.2 Å². The molecule has 2 N–H and O–H groups in total. The third-order valence-electron chi connectivity index (χ3n) is 3.05. The van der Waals surface area contributed by atoms with E-state index in [1.165, 1.54) is 0 Å². The monoisotopic (exact) mass is 312 g/mol. The summed E-state index contributed by atoms with van der Waals surface area (Å²) in [5.74, 6) is 0.251. The molecule has 1 amide bonds. The lowest BCUT2D eigenvalue weighted by Gasteiger charge is -2.18. The van der Waals surface area contributed by atoms with Crippen molar-refractivity contribution in [3.8, 4) is 0 Å². The van der Waals surface area contributed by atoms with Gasteiger partial charge in [0.15, 0.2) is 9.84 Å². The fourth-order valence-electron chi connectivity index (χ4n) is 1.77. The van der Waals surface area contributed by atoms with Crippen LogP contribution in [0.25, 0.3) is 0 Å². The Kier molecular flexibility index (Phi) is 6.20. The van der Waals surface area contributed by atoms with E-state index in [9.17, 15) is 13.2 Å². The second-order valence-electron chi connectivity index (χ2n) is 5.40. The Balaban J connectivity index is 2.86. The highest BCUT2D eigenvalue weighted by molar-refractivity contribution is 7.91. The number of carbonyl (C=O) groups is 1. The minimum Gasteiger partial charge on any atom is -0.373 e. The van der Waals surface area contributed by atoms with E-state index < -0.39 is 15.9 Å². The van der Waals surface area contributed by atoms with Gasteiger partial charge in [0.1, 0.15) is 6.04 Å². The Morgan fingerprint density at radius 3 is 2.38 bits per heavy atom. The van der Waals surface area contributed by atoms with Crippen LogP contribution in [0.4, 0.5) is 5.69 Å². The number of benzene rings is 1. The first-order valence-electron chi connectivity index (χ1n) is 7.14. The molecule has 6 heteroatoms. The second-order valence-corrected chi connectivity index (χ2v) is 7.65. The second kappa shape index (κ2) is 7.45. The van der Waals surface area contributed by atoms with Gasteiger partial charge in [0.05, 0.1) is 16.3 Å². The van der Waals surface area contributed by atoms with Crippen molar-refractivity contribution < 1.29 is 13.2 Å². The molecule has 1 atom stereocenters. The van der Waals surface area contributed by atoms with E-state index in [4.69, 9.17) is 0 Å². The lowest BCUT2D eigenvalue weighted by molar-refractivity contribution is -0.121. The maximum absolute atomic E-state index is 12.0. The normalized spacial score (nSPS) is 13.0. The Labute approximate surface area is 127 Å². The molecule has 1 aromatic rings. The largest absolute Gasteiger partial charge is 0.373 e. The van der Waals surface area contributed by atoms with Gasteiger partial charge in [-0.05, 0) is 25.0 Å². The molecule has 0 fully saturated rings. The quantitative estimate of drug-likeness (QED) is 0.808. The van der Waals surface area contributed by atoms with Crippen LogP contribution in [0.5, 0.6) is 0 Å². The van der Waals surface area contributed by atoms with Gasteiger partial charge < -0.3 is 10.6 Å². The molecule has 118 valence electrons. The zero-order valence-corrected chi connectivity index (χ0v) is 13.8. The molecule has 1 unspecified atom stereocenters. The summed E-state index contributed by atoms with van der Waals surface area (Å²) in [7, 11) is -3.32. The minimum atomic E-state index is -3.32. The van der Waals surface area contributed by atoms with Crippen LogP contribution in [0.2, 0.25) is 0 Å². The summed E-state index contributed by atoms with van der Waals surface area (Å²) in [5.41, 5.74) is 0.464. The summed E-state index contributed by atoms with van der Waals surface area (Å²) in [6, 6.07) is 6.15. The number of para-hydroxylation sites is 1. The molecule has 1 aromatic carbocycles. The Morgan fingerprint density at radius 1 is 1.19 bits per heavy atom. The molecular weight excluding hydrogens is 288 g/mol. The molecule has 0 aliphatic carbocycles. The predicted octanol–water partition coefficient (Wildman–Crippen LogP) is 2.05. The molecule has 5 nitrogen and oxygen atoms in total. The molecule has 0 aliphatic rings. The molecule has 0 saturated carbocycles. The van der Waals surface area contributed by atoms with Crippen molar-refractivity contribution in [2.24, 2.45) is 5.92 Å². The number of nitrogens with one attached hydrogen (secondary N) is 2. The molecule has 21 heavy (non-hydrogen) atoms. The maximum atomic E-state index is 12.0. The van der Waals surface area contributed by atoms with Crippen LogP contribution >= 0.6 is 0 Å². The highest BCUT2D eigenvalue weighted by Gasteiger charge is 2.19. The van der Waals surface area contributed by atoms with Gasteiger partial charge in [-0.1, -0.05) is 32.9 Å². The molecule has 0 bridgehead atoms. The summed E-state index contributed by atoms with van der Waals surface area (Å²) in [5, 5.41) is 5.81. The predicted molar refractivity (Wildman–Crippen MR) is 85.1 cm³/mol. The molecule has 0 spiro atoms. The molecule has 0 aromatic heterocycles. The number of carbonyl (C=O) groups excluding carboxylic acids is 1. The standard InChI is InChI=1S/C15H24N2O3S/c1-5-21(19,20)14-9-7-6-8-13(14)17-12(4)15(18)16-10-11(2)3/h6-9,11-12,17H,5,10H2,1-4H3,(H,16,18). The van der Waals surface area contributed by atoms with E-state index in [1.54, 1.807) is 38.1 Å². The summed E-state index contributed by atoms with van der Waals surface area (Å²) < 4.78 is 24.1. The summed E-state index contributed by atoms with van der Waals surface area (Å²) in [6.07, 6.45) is 0. The van der Waals surface area contributed by atoms with Crippen molar-refractivity contribution >= 4 is 21.4 Å². The third-order valence-corrected chi connectivity index (χ3v) is 4.84. The number of rotatable bonds is 7. The van der Waals surface area contributed by atoms with Gasteiger partial charge in [-0.3, -0.25) is 4.79 Å². The van der Waals surface area contributed by atoms with Crippen molar-refractivity contribution in [2.45, 2.75) is 38.6 Å². The van der Waals surface area contributed by atoms with Gasteiger partial charge >= 0.3 is 0 Å². The van der Waals surface area contributed by atoms with E-state index in [-0.39, 0.29) is 16.6 Å². The number of sulfone groups is 1. The topological polar surface area (TPSA) is 75.3 Å². The zero-order valence-electron chi connectivity index (χ0n) is 13.0. The molecule has 0 heterocycles. The molecule has 1 rings (SSSR count). The number of hydrogen-bond acceptors (Lipinski definition) is 4. The Morgan fingerprint density at radius 2 is 1.81 bits per heavy atom. The zero-order chi connectivity index (χ0) is 16.0. The molecule has 0 radical (unpaired) electrons. The third kappa shape index (κ3) is 5.04. The van der Waals surface area contributed by atoms with Gasteiger partial charge in [-0.15, -0.1) is 0 Å². The van der Waals surface area contributed by atoms with Gasteiger partial charge in [0.2, 0.25) is 5.91 Å². The van der Waals surface area contributed by atoms with E-state index >= 15 is 0 Å². The highest BCUT2D eigenvalue weighted by Crippen LogP contribution is 2.22. The first kappa shape index (κ1) is 17.5. The van der Waals surface area contributed by atoms with Crippen molar-refractivity contribution in [3.05, 3.63) is 24.3 Å². The van der Waals surface area contributed by atoms with Crippen LogP contribution in [0.3, 0.4) is 0 Å². The van der Waals surface area contributed by atoms with Crippen LogP contribution in [-0.2, 0) is 14.6 Å². The van der Waals surface area contributed by atoms with E-state index in [0.717, 1.165) is 0 Å². The van der Waals surface area contributed by atoms with Gasteiger partial charge in [-0.25, -0.2) is 8.42 Å². The SMILES string of the molecule is CCS(=O)(=O)c1ccccc1NC(C)C(=O)NCC(C)C. The fraction of sp³-hybridized carbons (Fsp3) is 0.533. The van der Waals surface area contributed by atoms with Crippen molar-refractivity contribution in [3.63, 3.8) is 0 Å². The maximum Gasteiger partial charge on any atom is 0.242 e.